The minimum atomic E-state index is 0.0652. The van der Waals surface area contributed by atoms with Crippen molar-refractivity contribution in [2.45, 2.75) is 18.7 Å². The first kappa shape index (κ1) is 15.6. The van der Waals surface area contributed by atoms with Crippen molar-refractivity contribution in [3.8, 4) is 0 Å². The molecule has 2 heterocycles. The van der Waals surface area contributed by atoms with Gasteiger partial charge in [0.1, 0.15) is 6.33 Å². The molecule has 2 aromatic heterocycles. The Balaban J connectivity index is 2.07. The van der Waals surface area contributed by atoms with Crippen molar-refractivity contribution in [2.75, 3.05) is 5.75 Å². The molecule has 0 aromatic carbocycles. The number of thioether (sulfide) groups is 2. The van der Waals surface area contributed by atoms with E-state index in [9.17, 15) is 0 Å². The number of fused-ring (bicyclic) bond motifs is 1. The molecule has 0 aliphatic rings. The second-order valence-electron chi connectivity index (χ2n) is 4.14. The quantitative estimate of drug-likeness (QED) is 0.352. The smallest absolute Gasteiger partial charge is 0.161 e. The standard InChI is InChI=1S/C11H16N8S2/c12-10(13)20-3-1-2-19-9-7(4-18-19)8(16-6-17-9)5-21-11(14)15/h4,6H,1-3,5H2,(H3,12,13)(H3,14,15). The molecule has 0 saturated carbocycles. The fourth-order valence-electron chi connectivity index (χ4n) is 1.76. The summed E-state index contributed by atoms with van der Waals surface area (Å²) >= 11 is 2.55. The summed E-state index contributed by atoms with van der Waals surface area (Å²) in [6.07, 6.45) is 4.09. The monoisotopic (exact) mass is 324 g/mol. The molecule has 2 aromatic rings. The van der Waals surface area contributed by atoms with E-state index >= 15 is 0 Å². The zero-order valence-corrected chi connectivity index (χ0v) is 12.9. The number of amidine groups is 2. The van der Waals surface area contributed by atoms with Crippen LogP contribution < -0.4 is 11.5 Å². The SMILES string of the molecule is N=C(N)SCCCn1ncc2c(CSC(=N)N)ncnc21. The molecule has 0 saturated heterocycles. The van der Waals surface area contributed by atoms with Gasteiger partial charge in [-0.15, -0.1) is 0 Å². The molecule has 0 aliphatic heterocycles. The van der Waals surface area contributed by atoms with Crippen LogP contribution in [0, 0.1) is 10.8 Å². The van der Waals surface area contributed by atoms with Crippen molar-refractivity contribution in [1.82, 2.24) is 19.7 Å². The molecule has 0 fully saturated rings. The van der Waals surface area contributed by atoms with E-state index in [1.165, 1.54) is 29.9 Å². The van der Waals surface area contributed by atoms with Gasteiger partial charge < -0.3 is 11.5 Å². The zero-order valence-electron chi connectivity index (χ0n) is 11.2. The van der Waals surface area contributed by atoms with Crippen molar-refractivity contribution in [2.24, 2.45) is 11.5 Å². The third-order valence-corrected chi connectivity index (χ3v) is 4.18. The zero-order chi connectivity index (χ0) is 15.2. The van der Waals surface area contributed by atoms with Gasteiger partial charge in [0.05, 0.1) is 17.3 Å². The molecule has 0 radical (unpaired) electrons. The van der Waals surface area contributed by atoms with Gasteiger partial charge >= 0.3 is 0 Å². The Morgan fingerprint density at radius 1 is 1.19 bits per heavy atom. The maximum absolute atomic E-state index is 7.25. The van der Waals surface area contributed by atoms with Crippen molar-refractivity contribution in [3.05, 3.63) is 18.2 Å². The second-order valence-corrected chi connectivity index (χ2v) is 6.30. The second kappa shape index (κ2) is 7.27. The van der Waals surface area contributed by atoms with Gasteiger partial charge in [0.2, 0.25) is 0 Å². The molecular formula is C11H16N8S2. The molecule has 10 heteroatoms. The Labute approximate surface area is 130 Å². The van der Waals surface area contributed by atoms with Gasteiger partial charge in [-0.3, -0.25) is 10.8 Å². The van der Waals surface area contributed by atoms with Gasteiger partial charge in [-0.25, -0.2) is 14.6 Å². The first-order valence-electron chi connectivity index (χ1n) is 6.17. The topological polar surface area (TPSA) is 143 Å². The van der Waals surface area contributed by atoms with Crippen LogP contribution in [-0.4, -0.2) is 35.8 Å². The van der Waals surface area contributed by atoms with Crippen LogP contribution in [0.4, 0.5) is 0 Å². The lowest BCUT2D eigenvalue weighted by atomic mass is 10.3. The fourth-order valence-corrected chi connectivity index (χ4v) is 2.78. The molecule has 0 aliphatic carbocycles. The summed E-state index contributed by atoms with van der Waals surface area (Å²) in [6, 6.07) is 0. The fraction of sp³-hybridized carbons (Fsp3) is 0.364. The molecule has 0 bridgehead atoms. The number of nitrogens with zero attached hydrogens (tertiary/aromatic N) is 4. The van der Waals surface area contributed by atoms with Crippen LogP contribution >= 0.6 is 23.5 Å². The number of nitrogens with one attached hydrogen (secondary N) is 2. The Kier molecular flexibility index (Phi) is 5.39. The predicted molar refractivity (Wildman–Crippen MR) is 87.5 cm³/mol. The van der Waals surface area contributed by atoms with Crippen LogP contribution in [0.1, 0.15) is 12.1 Å². The van der Waals surface area contributed by atoms with Crippen molar-refractivity contribution in [3.63, 3.8) is 0 Å². The highest BCUT2D eigenvalue weighted by Crippen LogP contribution is 2.19. The van der Waals surface area contributed by atoms with Crippen LogP contribution in [-0.2, 0) is 12.3 Å². The number of hydrogen-bond donors (Lipinski definition) is 4. The molecule has 8 nitrogen and oxygen atoms in total. The maximum atomic E-state index is 7.25. The number of rotatable bonds is 6. The number of aromatic nitrogens is 4. The molecular weight excluding hydrogens is 308 g/mol. The van der Waals surface area contributed by atoms with E-state index in [0.29, 0.717) is 12.3 Å². The summed E-state index contributed by atoms with van der Waals surface area (Å²) in [5, 5.41) is 19.8. The van der Waals surface area contributed by atoms with E-state index in [2.05, 4.69) is 15.1 Å². The van der Waals surface area contributed by atoms with Crippen molar-refractivity contribution in [1.29, 1.82) is 10.8 Å². The molecule has 6 N–H and O–H groups in total. The molecule has 21 heavy (non-hydrogen) atoms. The van der Waals surface area contributed by atoms with Gasteiger partial charge in [0.15, 0.2) is 16.0 Å². The molecule has 0 spiro atoms. The Morgan fingerprint density at radius 3 is 2.67 bits per heavy atom. The van der Waals surface area contributed by atoms with E-state index in [0.717, 1.165) is 28.9 Å². The lowest BCUT2D eigenvalue weighted by Gasteiger charge is -2.04. The highest BCUT2D eigenvalue weighted by Gasteiger charge is 2.10. The number of nitrogens with two attached hydrogens (primary N) is 2. The van der Waals surface area contributed by atoms with Crippen LogP contribution in [0.25, 0.3) is 11.0 Å². The molecule has 0 amide bonds. The van der Waals surface area contributed by atoms with E-state index in [-0.39, 0.29) is 10.3 Å². The Hall–Kier alpha value is -1.81. The average molecular weight is 324 g/mol. The normalized spacial score (nSPS) is 10.9. The van der Waals surface area contributed by atoms with Crippen LogP contribution in [0.15, 0.2) is 12.5 Å². The lowest BCUT2D eigenvalue weighted by Crippen LogP contribution is -2.07. The summed E-state index contributed by atoms with van der Waals surface area (Å²) in [7, 11) is 0. The van der Waals surface area contributed by atoms with Crippen molar-refractivity contribution < 1.29 is 0 Å². The Morgan fingerprint density at radius 2 is 1.95 bits per heavy atom. The van der Waals surface area contributed by atoms with Gasteiger partial charge in [-0.1, -0.05) is 23.5 Å². The van der Waals surface area contributed by atoms with E-state index in [1.807, 2.05) is 4.68 Å². The summed E-state index contributed by atoms with van der Waals surface area (Å²) in [5.74, 6) is 1.30. The molecule has 0 atom stereocenters. The van der Waals surface area contributed by atoms with E-state index < -0.39 is 0 Å². The minimum Gasteiger partial charge on any atom is -0.379 e. The summed E-state index contributed by atoms with van der Waals surface area (Å²) in [6.45, 7) is 0.708. The highest BCUT2D eigenvalue weighted by atomic mass is 32.2. The van der Waals surface area contributed by atoms with Crippen LogP contribution in [0.5, 0.6) is 0 Å². The van der Waals surface area contributed by atoms with E-state index in [4.69, 9.17) is 22.3 Å². The average Bonchev–Trinajstić information content (AvgIpc) is 2.85. The third kappa shape index (κ3) is 4.33. The molecule has 2 rings (SSSR count). The summed E-state index contributed by atoms with van der Waals surface area (Å²) in [5.41, 5.74) is 12.2. The minimum absolute atomic E-state index is 0.0652. The maximum Gasteiger partial charge on any atom is 0.161 e. The van der Waals surface area contributed by atoms with Crippen molar-refractivity contribution >= 4 is 44.9 Å². The molecule has 0 unspecified atom stereocenters. The van der Waals surface area contributed by atoms with Gasteiger partial charge in [0.25, 0.3) is 0 Å². The summed E-state index contributed by atoms with van der Waals surface area (Å²) < 4.78 is 1.82. The first-order valence-corrected chi connectivity index (χ1v) is 8.14. The Bertz CT molecular complexity index is 653. The van der Waals surface area contributed by atoms with Crippen LogP contribution in [0.2, 0.25) is 0 Å². The van der Waals surface area contributed by atoms with Crippen LogP contribution in [0.3, 0.4) is 0 Å². The number of hydrogen-bond acceptors (Lipinski definition) is 7. The summed E-state index contributed by atoms with van der Waals surface area (Å²) in [4.78, 5) is 8.49. The highest BCUT2D eigenvalue weighted by molar-refractivity contribution is 8.13. The number of aryl methyl sites for hydroxylation is 1. The predicted octanol–water partition coefficient (Wildman–Crippen LogP) is 0.970. The molecule has 112 valence electrons. The van der Waals surface area contributed by atoms with Gasteiger partial charge in [0, 0.05) is 18.1 Å². The largest absolute Gasteiger partial charge is 0.379 e. The third-order valence-electron chi connectivity index (χ3n) is 2.65. The van der Waals surface area contributed by atoms with Gasteiger partial charge in [-0.2, -0.15) is 5.10 Å². The van der Waals surface area contributed by atoms with E-state index in [1.54, 1.807) is 6.20 Å². The lowest BCUT2D eigenvalue weighted by molar-refractivity contribution is 0.621. The first-order chi connectivity index (χ1) is 10.1. The van der Waals surface area contributed by atoms with Gasteiger partial charge in [-0.05, 0) is 6.42 Å².